The van der Waals surface area contributed by atoms with E-state index < -0.39 is 0 Å². The van der Waals surface area contributed by atoms with Gasteiger partial charge in [0.15, 0.2) is 0 Å². The molecule has 1 aliphatic carbocycles. The highest BCUT2D eigenvalue weighted by Gasteiger charge is 2.18. The first-order valence-electron chi connectivity index (χ1n) is 12.5. The Labute approximate surface area is 180 Å². The van der Waals surface area contributed by atoms with Gasteiger partial charge in [-0.25, -0.2) is 0 Å². The largest absolute Gasteiger partial charge is 0.0654 e. The smallest absolute Gasteiger partial charge is 0.0181 e. The standard InChI is InChI=1S/C29H42/c1-3-5-7-8-9-11-13-25-16-19-29-23-28(21-20-27(29)22-25)26-17-14-24(15-18-26)12-10-6-4-2/h14-15,17-18,20-21,23,25H,3-13,16,19,22H2,1-2H3. The van der Waals surface area contributed by atoms with Crippen LogP contribution in [0.3, 0.4) is 0 Å². The molecule has 1 aliphatic rings. The molecule has 0 spiro atoms. The number of hydrogen-bond donors (Lipinski definition) is 0. The molecule has 0 aliphatic heterocycles. The van der Waals surface area contributed by atoms with E-state index in [-0.39, 0.29) is 0 Å². The molecule has 0 aromatic heterocycles. The minimum atomic E-state index is 0.918. The van der Waals surface area contributed by atoms with Gasteiger partial charge in [-0.1, -0.05) is 114 Å². The van der Waals surface area contributed by atoms with E-state index in [1.54, 1.807) is 11.1 Å². The monoisotopic (exact) mass is 390 g/mol. The van der Waals surface area contributed by atoms with Gasteiger partial charge in [-0.3, -0.25) is 0 Å². The zero-order valence-corrected chi connectivity index (χ0v) is 19.0. The average molecular weight is 391 g/mol. The second-order valence-corrected chi connectivity index (χ2v) is 9.30. The zero-order valence-electron chi connectivity index (χ0n) is 19.0. The van der Waals surface area contributed by atoms with E-state index in [0.717, 1.165) is 5.92 Å². The molecule has 2 aromatic carbocycles. The fraction of sp³-hybridized carbons (Fsp3) is 0.586. The van der Waals surface area contributed by atoms with Crippen LogP contribution in [0.5, 0.6) is 0 Å². The van der Waals surface area contributed by atoms with Crippen LogP contribution >= 0.6 is 0 Å². The lowest BCUT2D eigenvalue weighted by Crippen LogP contribution is -2.14. The minimum absolute atomic E-state index is 0.918. The molecule has 0 fully saturated rings. The number of unbranched alkanes of at least 4 members (excludes halogenated alkanes) is 7. The van der Waals surface area contributed by atoms with Crippen LogP contribution < -0.4 is 0 Å². The van der Waals surface area contributed by atoms with Gasteiger partial charge in [0, 0.05) is 0 Å². The fourth-order valence-electron chi connectivity index (χ4n) is 4.91. The molecule has 0 heteroatoms. The topological polar surface area (TPSA) is 0 Å². The van der Waals surface area contributed by atoms with Gasteiger partial charge in [-0.15, -0.1) is 0 Å². The maximum absolute atomic E-state index is 2.47. The maximum Gasteiger partial charge on any atom is -0.0181 e. The molecular formula is C29H42. The Morgan fingerprint density at radius 3 is 2.17 bits per heavy atom. The first kappa shape index (κ1) is 22.1. The van der Waals surface area contributed by atoms with E-state index in [4.69, 9.17) is 0 Å². The second-order valence-electron chi connectivity index (χ2n) is 9.30. The Bertz CT molecular complexity index is 709. The molecule has 0 heterocycles. The summed E-state index contributed by atoms with van der Waals surface area (Å²) in [5.41, 5.74) is 7.48. The molecule has 1 atom stereocenters. The summed E-state index contributed by atoms with van der Waals surface area (Å²) in [6.07, 6.45) is 19.1. The van der Waals surface area contributed by atoms with Crippen molar-refractivity contribution in [3.8, 4) is 11.1 Å². The van der Waals surface area contributed by atoms with Crippen molar-refractivity contribution in [2.45, 2.75) is 104 Å². The van der Waals surface area contributed by atoms with Crippen LogP contribution in [0, 0.1) is 5.92 Å². The van der Waals surface area contributed by atoms with E-state index in [1.165, 1.54) is 107 Å². The van der Waals surface area contributed by atoms with Crippen molar-refractivity contribution in [1.29, 1.82) is 0 Å². The van der Waals surface area contributed by atoms with Crippen LogP contribution in [0.4, 0.5) is 0 Å². The van der Waals surface area contributed by atoms with Gasteiger partial charge in [0.25, 0.3) is 0 Å². The number of fused-ring (bicyclic) bond motifs is 1. The molecule has 158 valence electrons. The lowest BCUT2D eigenvalue weighted by Gasteiger charge is -2.25. The van der Waals surface area contributed by atoms with Crippen molar-refractivity contribution in [2.24, 2.45) is 5.92 Å². The molecule has 0 nitrogen and oxygen atoms in total. The van der Waals surface area contributed by atoms with Gasteiger partial charge in [0.1, 0.15) is 0 Å². The molecule has 3 rings (SSSR count). The van der Waals surface area contributed by atoms with Gasteiger partial charge < -0.3 is 0 Å². The molecule has 0 saturated heterocycles. The fourth-order valence-corrected chi connectivity index (χ4v) is 4.91. The molecule has 0 N–H and O–H groups in total. The van der Waals surface area contributed by atoms with Crippen molar-refractivity contribution >= 4 is 0 Å². The molecule has 0 amide bonds. The highest BCUT2D eigenvalue weighted by atomic mass is 14.2. The molecule has 1 unspecified atom stereocenters. The highest BCUT2D eigenvalue weighted by Crippen LogP contribution is 2.32. The van der Waals surface area contributed by atoms with Crippen molar-refractivity contribution in [3.63, 3.8) is 0 Å². The predicted octanol–water partition coefficient (Wildman–Crippen LogP) is 8.94. The third-order valence-electron chi connectivity index (χ3n) is 6.86. The summed E-state index contributed by atoms with van der Waals surface area (Å²) in [5.74, 6) is 0.918. The highest BCUT2D eigenvalue weighted by molar-refractivity contribution is 5.65. The summed E-state index contributed by atoms with van der Waals surface area (Å²) in [6.45, 7) is 4.57. The lowest BCUT2D eigenvalue weighted by atomic mass is 9.80. The summed E-state index contributed by atoms with van der Waals surface area (Å²) in [4.78, 5) is 0. The molecule has 0 radical (unpaired) electrons. The Kier molecular flexibility index (Phi) is 9.32. The van der Waals surface area contributed by atoms with Crippen LogP contribution in [0.2, 0.25) is 0 Å². The van der Waals surface area contributed by atoms with Crippen LogP contribution in [-0.2, 0) is 19.3 Å². The molecule has 0 bridgehead atoms. The van der Waals surface area contributed by atoms with E-state index in [9.17, 15) is 0 Å². The SMILES string of the molecule is CCCCCCCCC1CCc2cc(-c3ccc(CCCCC)cc3)ccc2C1. The van der Waals surface area contributed by atoms with E-state index in [1.807, 2.05) is 0 Å². The summed E-state index contributed by atoms with van der Waals surface area (Å²) in [6, 6.07) is 16.6. The Morgan fingerprint density at radius 2 is 1.38 bits per heavy atom. The van der Waals surface area contributed by atoms with Crippen LogP contribution in [0.25, 0.3) is 11.1 Å². The Hall–Kier alpha value is -1.56. The first-order chi connectivity index (χ1) is 14.3. The second kappa shape index (κ2) is 12.2. The third kappa shape index (κ3) is 7.02. The quantitative estimate of drug-likeness (QED) is 0.317. The summed E-state index contributed by atoms with van der Waals surface area (Å²) >= 11 is 0. The zero-order chi connectivity index (χ0) is 20.3. The summed E-state index contributed by atoms with van der Waals surface area (Å²) in [7, 11) is 0. The van der Waals surface area contributed by atoms with Gasteiger partial charge in [0.05, 0.1) is 0 Å². The minimum Gasteiger partial charge on any atom is -0.0654 e. The first-order valence-corrected chi connectivity index (χ1v) is 12.5. The van der Waals surface area contributed by atoms with Gasteiger partial charge >= 0.3 is 0 Å². The molecule has 0 saturated carbocycles. The third-order valence-corrected chi connectivity index (χ3v) is 6.86. The van der Waals surface area contributed by atoms with Crippen LogP contribution in [0.15, 0.2) is 42.5 Å². The van der Waals surface area contributed by atoms with Crippen molar-refractivity contribution in [3.05, 3.63) is 59.2 Å². The average Bonchev–Trinajstić information content (AvgIpc) is 2.76. The summed E-state index contributed by atoms with van der Waals surface area (Å²) in [5, 5.41) is 0. The normalized spacial score (nSPS) is 16.0. The van der Waals surface area contributed by atoms with Gasteiger partial charge in [-0.2, -0.15) is 0 Å². The van der Waals surface area contributed by atoms with Crippen molar-refractivity contribution in [1.82, 2.24) is 0 Å². The number of aryl methyl sites for hydroxylation is 2. The van der Waals surface area contributed by atoms with Crippen molar-refractivity contribution in [2.75, 3.05) is 0 Å². The summed E-state index contributed by atoms with van der Waals surface area (Å²) < 4.78 is 0. The van der Waals surface area contributed by atoms with Crippen LogP contribution in [-0.4, -0.2) is 0 Å². The van der Waals surface area contributed by atoms with E-state index >= 15 is 0 Å². The van der Waals surface area contributed by atoms with Crippen molar-refractivity contribution < 1.29 is 0 Å². The van der Waals surface area contributed by atoms with Gasteiger partial charge in [0.2, 0.25) is 0 Å². The molecule has 29 heavy (non-hydrogen) atoms. The number of rotatable bonds is 12. The maximum atomic E-state index is 2.47. The predicted molar refractivity (Wildman–Crippen MR) is 129 cm³/mol. The lowest BCUT2D eigenvalue weighted by molar-refractivity contribution is 0.404. The number of hydrogen-bond acceptors (Lipinski definition) is 0. The van der Waals surface area contributed by atoms with E-state index in [0.29, 0.717) is 0 Å². The Balaban J connectivity index is 1.50. The van der Waals surface area contributed by atoms with E-state index in [2.05, 4.69) is 56.3 Å². The molecular weight excluding hydrogens is 348 g/mol. The Morgan fingerprint density at radius 1 is 0.690 bits per heavy atom. The van der Waals surface area contributed by atoms with Gasteiger partial charge in [-0.05, 0) is 65.8 Å². The van der Waals surface area contributed by atoms with Crippen LogP contribution in [0.1, 0.15) is 101 Å². The number of benzene rings is 2. The molecule has 2 aromatic rings.